The maximum absolute atomic E-state index is 12.1. The van der Waals surface area contributed by atoms with Crippen molar-refractivity contribution in [3.63, 3.8) is 0 Å². The summed E-state index contributed by atoms with van der Waals surface area (Å²) in [7, 11) is -3.37. The molecular formula is C14H22N2O2S. The van der Waals surface area contributed by atoms with Gasteiger partial charge in [-0.1, -0.05) is 19.1 Å². The molecule has 2 rings (SSSR count). The van der Waals surface area contributed by atoms with Crippen LogP contribution in [0.15, 0.2) is 29.2 Å². The van der Waals surface area contributed by atoms with E-state index in [9.17, 15) is 8.42 Å². The van der Waals surface area contributed by atoms with Gasteiger partial charge >= 0.3 is 0 Å². The third-order valence-electron chi connectivity index (χ3n) is 3.70. The Labute approximate surface area is 115 Å². The van der Waals surface area contributed by atoms with Crippen molar-refractivity contribution in [1.82, 2.24) is 4.72 Å². The molecule has 4 nitrogen and oxygen atoms in total. The lowest BCUT2D eigenvalue weighted by Gasteiger charge is -2.11. The van der Waals surface area contributed by atoms with Gasteiger partial charge in [-0.2, -0.15) is 0 Å². The Kier molecular flexibility index (Phi) is 4.28. The van der Waals surface area contributed by atoms with E-state index < -0.39 is 10.0 Å². The highest BCUT2D eigenvalue weighted by molar-refractivity contribution is 7.89. The van der Waals surface area contributed by atoms with Crippen molar-refractivity contribution in [2.75, 3.05) is 13.1 Å². The van der Waals surface area contributed by atoms with Crippen LogP contribution >= 0.6 is 0 Å². The summed E-state index contributed by atoms with van der Waals surface area (Å²) in [4.78, 5) is 0.341. The average Bonchev–Trinajstić information content (AvgIpc) is 3.13. The summed E-state index contributed by atoms with van der Waals surface area (Å²) in [6.07, 6.45) is 4.02. The smallest absolute Gasteiger partial charge is 0.240 e. The number of benzene rings is 1. The van der Waals surface area contributed by atoms with E-state index in [2.05, 4.69) is 11.6 Å². The zero-order valence-electron chi connectivity index (χ0n) is 11.4. The molecule has 0 bridgehead atoms. The molecule has 0 atom stereocenters. The molecule has 3 N–H and O–H groups in total. The summed E-state index contributed by atoms with van der Waals surface area (Å²) in [6, 6.07) is 7.07. The second-order valence-corrected chi connectivity index (χ2v) is 7.44. The largest absolute Gasteiger partial charge is 0.330 e. The minimum absolute atomic E-state index is 0.175. The summed E-state index contributed by atoms with van der Waals surface area (Å²) in [5.74, 6) is 0. The molecule has 1 aromatic rings. The number of aryl methyl sites for hydroxylation is 1. The predicted octanol–water partition coefficient (Wildman–Crippen LogP) is 1.66. The molecule has 0 aliphatic heterocycles. The lowest BCUT2D eigenvalue weighted by atomic mass is 10.1. The number of rotatable bonds is 7. The van der Waals surface area contributed by atoms with Gasteiger partial charge in [-0.25, -0.2) is 13.1 Å². The Morgan fingerprint density at radius 2 is 1.89 bits per heavy atom. The quantitative estimate of drug-likeness (QED) is 0.799. The van der Waals surface area contributed by atoms with Gasteiger partial charge < -0.3 is 5.73 Å². The Hall–Kier alpha value is -0.910. The minimum atomic E-state index is -3.37. The van der Waals surface area contributed by atoms with E-state index in [1.807, 2.05) is 12.1 Å². The van der Waals surface area contributed by atoms with E-state index in [0.29, 0.717) is 18.0 Å². The first-order valence-electron chi connectivity index (χ1n) is 6.74. The van der Waals surface area contributed by atoms with Crippen LogP contribution in [0.3, 0.4) is 0 Å². The molecule has 106 valence electrons. The first kappa shape index (κ1) is 14.5. The van der Waals surface area contributed by atoms with E-state index in [1.165, 1.54) is 0 Å². The highest BCUT2D eigenvalue weighted by Crippen LogP contribution is 2.44. The van der Waals surface area contributed by atoms with Crippen molar-refractivity contribution in [3.05, 3.63) is 29.8 Å². The standard InChI is InChI=1S/C14H22N2O2S/c1-14(8-9-14)11-16-19(17,18)13-6-4-12(5-7-13)3-2-10-15/h4-7,16H,2-3,8-11,15H2,1H3. The van der Waals surface area contributed by atoms with Gasteiger partial charge in [0, 0.05) is 6.54 Å². The molecule has 0 radical (unpaired) electrons. The highest BCUT2D eigenvalue weighted by Gasteiger charge is 2.38. The van der Waals surface area contributed by atoms with Gasteiger partial charge in [-0.3, -0.25) is 0 Å². The van der Waals surface area contributed by atoms with Crippen LogP contribution in [-0.4, -0.2) is 21.5 Å². The van der Waals surface area contributed by atoms with Gasteiger partial charge in [-0.05, 0) is 55.3 Å². The summed E-state index contributed by atoms with van der Waals surface area (Å²) in [5.41, 5.74) is 6.75. The first-order chi connectivity index (χ1) is 8.95. The summed E-state index contributed by atoms with van der Waals surface area (Å²) < 4.78 is 26.9. The number of sulfonamides is 1. The SMILES string of the molecule is CC1(CNS(=O)(=O)c2ccc(CCCN)cc2)CC1. The monoisotopic (exact) mass is 282 g/mol. The van der Waals surface area contributed by atoms with Crippen LogP contribution in [0, 0.1) is 5.41 Å². The normalized spacial score (nSPS) is 17.4. The van der Waals surface area contributed by atoms with Gasteiger partial charge in [0.15, 0.2) is 0 Å². The third kappa shape index (κ3) is 4.03. The van der Waals surface area contributed by atoms with Crippen LogP contribution in [0.5, 0.6) is 0 Å². The molecule has 1 aliphatic rings. The zero-order valence-corrected chi connectivity index (χ0v) is 12.2. The molecule has 0 unspecified atom stereocenters. The van der Waals surface area contributed by atoms with Crippen LogP contribution in [0.2, 0.25) is 0 Å². The van der Waals surface area contributed by atoms with Gasteiger partial charge in [0.05, 0.1) is 4.90 Å². The summed E-state index contributed by atoms with van der Waals surface area (Å²) >= 11 is 0. The van der Waals surface area contributed by atoms with Gasteiger partial charge in [0.2, 0.25) is 10.0 Å². The van der Waals surface area contributed by atoms with Crippen molar-refractivity contribution < 1.29 is 8.42 Å². The first-order valence-corrected chi connectivity index (χ1v) is 8.22. The second-order valence-electron chi connectivity index (χ2n) is 5.67. The number of nitrogens with one attached hydrogen (secondary N) is 1. The zero-order chi connectivity index (χ0) is 13.9. The van der Waals surface area contributed by atoms with Crippen LogP contribution in [-0.2, 0) is 16.4 Å². The molecule has 19 heavy (non-hydrogen) atoms. The second kappa shape index (κ2) is 5.61. The van der Waals surface area contributed by atoms with Crippen LogP contribution < -0.4 is 10.5 Å². The molecule has 0 spiro atoms. The molecule has 0 aromatic heterocycles. The van der Waals surface area contributed by atoms with Gasteiger partial charge in [0.25, 0.3) is 0 Å². The fourth-order valence-corrected chi connectivity index (χ4v) is 3.08. The Balaban J connectivity index is 1.99. The molecule has 0 saturated heterocycles. The molecule has 5 heteroatoms. The Bertz CT molecular complexity index is 519. The van der Waals surface area contributed by atoms with Crippen molar-refractivity contribution in [2.24, 2.45) is 11.1 Å². The maximum Gasteiger partial charge on any atom is 0.240 e. The lowest BCUT2D eigenvalue weighted by Crippen LogP contribution is -2.29. The van der Waals surface area contributed by atoms with Crippen LogP contribution in [0.1, 0.15) is 31.7 Å². The van der Waals surface area contributed by atoms with E-state index in [-0.39, 0.29) is 5.41 Å². The van der Waals surface area contributed by atoms with Crippen molar-refractivity contribution >= 4 is 10.0 Å². The van der Waals surface area contributed by atoms with Crippen LogP contribution in [0.25, 0.3) is 0 Å². The molecule has 0 amide bonds. The molecule has 1 aliphatic carbocycles. The summed E-state index contributed by atoms with van der Waals surface area (Å²) in [5, 5.41) is 0. The topological polar surface area (TPSA) is 72.2 Å². The Morgan fingerprint density at radius 3 is 2.42 bits per heavy atom. The fourth-order valence-electron chi connectivity index (χ4n) is 1.88. The predicted molar refractivity (Wildman–Crippen MR) is 76.3 cm³/mol. The molecule has 1 aromatic carbocycles. The average molecular weight is 282 g/mol. The molecule has 1 saturated carbocycles. The van der Waals surface area contributed by atoms with Crippen molar-refractivity contribution in [1.29, 1.82) is 0 Å². The third-order valence-corrected chi connectivity index (χ3v) is 5.11. The molecular weight excluding hydrogens is 260 g/mol. The van der Waals surface area contributed by atoms with Crippen LogP contribution in [0.4, 0.5) is 0 Å². The number of nitrogens with two attached hydrogens (primary N) is 1. The molecule has 1 fully saturated rings. The van der Waals surface area contributed by atoms with Gasteiger partial charge in [0.1, 0.15) is 0 Å². The lowest BCUT2D eigenvalue weighted by molar-refractivity contribution is 0.530. The van der Waals surface area contributed by atoms with Crippen molar-refractivity contribution in [3.8, 4) is 0 Å². The van der Waals surface area contributed by atoms with E-state index in [1.54, 1.807) is 12.1 Å². The molecule has 0 heterocycles. The Morgan fingerprint density at radius 1 is 1.26 bits per heavy atom. The summed E-state index contributed by atoms with van der Waals surface area (Å²) in [6.45, 7) is 3.29. The van der Waals surface area contributed by atoms with E-state index in [4.69, 9.17) is 5.73 Å². The highest BCUT2D eigenvalue weighted by atomic mass is 32.2. The van der Waals surface area contributed by atoms with Crippen molar-refractivity contribution in [2.45, 2.75) is 37.5 Å². The van der Waals surface area contributed by atoms with Gasteiger partial charge in [-0.15, -0.1) is 0 Å². The number of hydrogen-bond acceptors (Lipinski definition) is 3. The fraction of sp³-hybridized carbons (Fsp3) is 0.571. The van der Waals surface area contributed by atoms with E-state index in [0.717, 1.165) is 31.2 Å². The maximum atomic E-state index is 12.1. The minimum Gasteiger partial charge on any atom is -0.330 e. The number of hydrogen-bond donors (Lipinski definition) is 2. The van der Waals surface area contributed by atoms with E-state index >= 15 is 0 Å².